The summed E-state index contributed by atoms with van der Waals surface area (Å²) in [6.45, 7) is 10.7. The summed E-state index contributed by atoms with van der Waals surface area (Å²) in [5.74, 6) is 0. The van der Waals surface area contributed by atoms with Crippen molar-refractivity contribution in [2.45, 2.75) is 13.8 Å². The van der Waals surface area contributed by atoms with E-state index >= 15 is 0 Å². The standard InChI is InChI=1S/C10H26N4.C2H6/c1-11-5-7-14(8-6-12-2)10-9-13(3)4;1-2/h11-12H,5-10H2,1-4H3;1-2H3. The van der Waals surface area contributed by atoms with Crippen LogP contribution < -0.4 is 10.6 Å². The molecule has 0 saturated heterocycles. The summed E-state index contributed by atoms with van der Waals surface area (Å²) < 4.78 is 0. The molecule has 0 aromatic carbocycles. The first kappa shape index (κ1) is 18.2. The van der Waals surface area contributed by atoms with Gasteiger partial charge in [0.2, 0.25) is 0 Å². The third kappa shape index (κ3) is 13.8. The highest BCUT2D eigenvalue weighted by atomic mass is 15.2. The Morgan fingerprint density at radius 3 is 1.50 bits per heavy atom. The second-order valence-electron chi connectivity index (χ2n) is 3.85. The lowest BCUT2D eigenvalue weighted by Crippen LogP contribution is -2.39. The zero-order valence-corrected chi connectivity index (χ0v) is 12.1. The molecular weight excluding hydrogens is 200 g/mol. The van der Waals surface area contributed by atoms with Crippen molar-refractivity contribution in [1.82, 2.24) is 20.4 Å². The van der Waals surface area contributed by atoms with Crippen molar-refractivity contribution < 1.29 is 0 Å². The lowest BCUT2D eigenvalue weighted by Gasteiger charge is -2.23. The number of hydrogen-bond donors (Lipinski definition) is 2. The van der Waals surface area contributed by atoms with Crippen molar-refractivity contribution in [3.8, 4) is 0 Å². The SMILES string of the molecule is CC.CNCCN(CCNC)CCN(C)C. The Morgan fingerprint density at radius 1 is 0.750 bits per heavy atom. The van der Waals surface area contributed by atoms with Gasteiger partial charge in [-0.05, 0) is 28.2 Å². The van der Waals surface area contributed by atoms with Gasteiger partial charge >= 0.3 is 0 Å². The van der Waals surface area contributed by atoms with Crippen molar-refractivity contribution in [1.29, 1.82) is 0 Å². The first-order chi connectivity index (χ1) is 7.70. The smallest absolute Gasteiger partial charge is 0.0110 e. The Labute approximate surface area is 102 Å². The Kier molecular flexibility index (Phi) is 16.9. The Bertz CT molecular complexity index is 110. The largest absolute Gasteiger partial charge is 0.318 e. The highest BCUT2D eigenvalue weighted by Gasteiger charge is 2.03. The number of hydrogen-bond acceptors (Lipinski definition) is 4. The van der Waals surface area contributed by atoms with Gasteiger partial charge in [0.1, 0.15) is 0 Å². The molecule has 0 radical (unpaired) electrons. The minimum absolute atomic E-state index is 1.07. The number of nitrogens with zero attached hydrogens (tertiary/aromatic N) is 2. The van der Waals surface area contributed by atoms with Crippen molar-refractivity contribution in [3.05, 3.63) is 0 Å². The van der Waals surface area contributed by atoms with Crippen LogP contribution in [-0.4, -0.2) is 77.3 Å². The van der Waals surface area contributed by atoms with Gasteiger partial charge in [-0.3, -0.25) is 4.90 Å². The van der Waals surface area contributed by atoms with E-state index < -0.39 is 0 Å². The first-order valence-electron chi connectivity index (χ1n) is 6.37. The zero-order valence-electron chi connectivity index (χ0n) is 12.1. The highest BCUT2D eigenvalue weighted by Crippen LogP contribution is 1.87. The van der Waals surface area contributed by atoms with Crippen molar-refractivity contribution >= 4 is 0 Å². The van der Waals surface area contributed by atoms with Gasteiger partial charge in [0.05, 0.1) is 0 Å². The van der Waals surface area contributed by atoms with E-state index in [0.717, 1.165) is 39.3 Å². The predicted molar refractivity (Wildman–Crippen MR) is 74.2 cm³/mol. The maximum absolute atomic E-state index is 3.19. The fraction of sp³-hybridized carbons (Fsp3) is 1.00. The number of nitrogens with one attached hydrogen (secondary N) is 2. The van der Waals surface area contributed by atoms with E-state index in [4.69, 9.17) is 0 Å². The molecule has 0 fully saturated rings. The molecule has 0 saturated carbocycles. The maximum Gasteiger partial charge on any atom is 0.0110 e. The summed E-state index contributed by atoms with van der Waals surface area (Å²) in [6, 6.07) is 0. The summed E-state index contributed by atoms with van der Waals surface area (Å²) in [6.07, 6.45) is 0. The second kappa shape index (κ2) is 14.8. The normalized spacial score (nSPS) is 10.5. The lowest BCUT2D eigenvalue weighted by molar-refractivity contribution is 0.244. The van der Waals surface area contributed by atoms with Crippen molar-refractivity contribution in [2.24, 2.45) is 0 Å². The third-order valence-corrected chi connectivity index (χ3v) is 2.22. The van der Waals surface area contributed by atoms with Crippen LogP contribution in [0.4, 0.5) is 0 Å². The van der Waals surface area contributed by atoms with Crippen LogP contribution in [0.2, 0.25) is 0 Å². The molecule has 4 heteroatoms. The minimum Gasteiger partial charge on any atom is -0.318 e. The molecule has 0 atom stereocenters. The van der Waals surface area contributed by atoms with E-state index in [1.807, 2.05) is 27.9 Å². The fourth-order valence-corrected chi connectivity index (χ4v) is 1.22. The summed E-state index contributed by atoms with van der Waals surface area (Å²) in [4.78, 5) is 4.71. The van der Waals surface area contributed by atoms with Crippen LogP contribution in [0.15, 0.2) is 0 Å². The molecule has 0 amide bonds. The highest BCUT2D eigenvalue weighted by molar-refractivity contribution is 4.61. The van der Waals surface area contributed by atoms with Gasteiger partial charge < -0.3 is 15.5 Å². The quantitative estimate of drug-likeness (QED) is 0.599. The first-order valence-corrected chi connectivity index (χ1v) is 6.37. The van der Waals surface area contributed by atoms with E-state index in [1.165, 1.54) is 0 Å². The molecule has 0 aromatic heterocycles. The molecule has 16 heavy (non-hydrogen) atoms. The van der Waals surface area contributed by atoms with Gasteiger partial charge in [-0.15, -0.1) is 0 Å². The molecule has 4 nitrogen and oxygen atoms in total. The fourth-order valence-electron chi connectivity index (χ4n) is 1.22. The average molecular weight is 232 g/mol. The minimum atomic E-state index is 1.07. The van der Waals surface area contributed by atoms with Crippen molar-refractivity contribution in [3.63, 3.8) is 0 Å². The molecule has 0 aliphatic carbocycles. The Morgan fingerprint density at radius 2 is 1.19 bits per heavy atom. The summed E-state index contributed by atoms with van der Waals surface area (Å²) in [5.41, 5.74) is 0. The van der Waals surface area contributed by atoms with E-state index in [0.29, 0.717) is 0 Å². The third-order valence-electron chi connectivity index (χ3n) is 2.22. The summed E-state index contributed by atoms with van der Waals surface area (Å²) in [5, 5.41) is 6.37. The molecule has 0 aromatic rings. The predicted octanol–water partition coefficient (Wildman–Crippen LogP) is 0.315. The average Bonchev–Trinajstić information content (AvgIpc) is 2.30. The van der Waals surface area contributed by atoms with Gasteiger partial charge in [-0.2, -0.15) is 0 Å². The van der Waals surface area contributed by atoms with Gasteiger partial charge in [0.15, 0.2) is 0 Å². The van der Waals surface area contributed by atoms with Crippen LogP contribution in [0.3, 0.4) is 0 Å². The zero-order chi connectivity index (χ0) is 12.8. The molecule has 0 aliphatic rings. The van der Waals surface area contributed by atoms with Crippen LogP contribution in [0.5, 0.6) is 0 Å². The summed E-state index contributed by atoms with van der Waals surface area (Å²) in [7, 11) is 8.24. The second-order valence-corrected chi connectivity index (χ2v) is 3.85. The summed E-state index contributed by atoms with van der Waals surface area (Å²) >= 11 is 0. The molecule has 0 spiro atoms. The molecule has 0 bridgehead atoms. The van der Waals surface area contributed by atoms with Gasteiger partial charge in [-0.25, -0.2) is 0 Å². The number of rotatable bonds is 9. The topological polar surface area (TPSA) is 30.5 Å². The van der Waals surface area contributed by atoms with E-state index in [2.05, 4.69) is 34.5 Å². The van der Waals surface area contributed by atoms with E-state index in [9.17, 15) is 0 Å². The molecule has 100 valence electrons. The molecule has 0 rings (SSSR count). The molecule has 0 unspecified atom stereocenters. The van der Waals surface area contributed by atoms with E-state index in [-0.39, 0.29) is 0 Å². The van der Waals surface area contributed by atoms with E-state index in [1.54, 1.807) is 0 Å². The van der Waals surface area contributed by atoms with Crippen LogP contribution >= 0.6 is 0 Å². The Hall–Kier alpha value is -0.160. The van der Waals surface area contributed by atoms with Gasteiger partial charge in [0.25, 0.3) is 0 Å². The van der Waals surface area contributed by atoms with Gasteiger partial charge in [-0.1, -0.05) is 13.8 Å². The van der Waals surface area contributed by atoms with Crippen LogP contribution in [0, 0.1) is 0 Å². The van der Waals surface area contributed by atoms with Crippen LogP contribution in [0.1, 0.15) is 13.8 Å². The Balaban J connectivity index is 0. The molecule has 0 aliphatic heterocycles. The monoisotopic (exact) mass is 232 g/mol. The molecule has 2 N–H and O–H groups in total. The lowest BCUT2D eigenvalue weighted by atomic mass is 10.4. The van der Waals surface area contributed by atoms with Crippen LogP contribution in [-0.2, 0) is 0 Å². The van der Waals surface area contributed by atoms with Gasteiger partial charge in [0, 0.05) is 39.3 Å². The van der Waals surface area contributed by atoms with Crippen LogP contribution in [0.25, 0.3) is 0 Å². The van der Waals surface area contributed by atoms with Crippen molar-refractivity contribution in [2.75, 3.05) is 67.5 Å². The number of likely N-dealkylation sites (N-methyl/N-ethyl adjacent to an activating group) is 3. The molecular formula is C12H32N4. The maximum atomic E-state index is 3.19. The molecule has 0 heterocycles.